The first-order valence-corrected chi connectivity index (χ1v) is 7.38. The number of hydrogen-bond donors (Lipinski definition) is 2. The third-order valence-electron chi connectivity index (χ3n) is 3.70. The van der Waals surface area contributed by atoms with E-state index in [1.54, 1.807) is 31.2 Å². The molecular formula is C16H21N3O3. The molecule has 6 nitrogen and oxygen atoms in total. The fraction of sp³-hybridized carbons (Fsp3) is 0.438. The van der Waals surface area contributed by atoms with E-state index >= 15 is 0 Å². The molecule has 6 heteroatoms. The van der Waals surface area contributed by atoms with Crippen LogP contribution in [0.1, 0.15) is 36.5 Å². The van der Waals surface area contributed by atoms with E-state index in [1.807, 2.05) is 13.8 Å². The molecule has 2 unspecified atom stereocenters. The molecule has 2 N–H and O–H groups in total. The second-order valence-corrected chi connectivity index (χ2v) is 5.33. The minimum absolute atomic E-state index is 0.133. The Morgan fingerprint density at radius 1 is 1.36 bits per heavy atom. The predicted octanol–water partition coefficient (Wildman–Crippen LogP) is 2.18. The van der Waals surface area contributed by atoms with Crippen LogP contribution in [0.5, 0.6) is 0 Å². The van der Waals surface area contributed by atoms with Gasteiger partial charge in [-0.2, -0.15) is 0 Å². The second-order valence-electron chi connectivity index (χ2n) is 5.33. The van der Waals surface area contributed by atoms with Gasteiger partial charge in [-0.15, -0.1) is 10.2 Å². The number of rotatable bonds is 6. The number of aromatic nitrogens is 2. The summed E-state index contributed by atoms with van der Waals surface area (Å²) in [5.74, 6) is 0.617. The summed E-state index contributed by atoms with van der Waals surface area (Å²) in [6.07, 6.45) is 0.293. The van der Waals surface area contributed by atoms with Gasteiger partial charge < -0.3 is 14.8 Å². The van der Waals surface area contributed by atoms with Gasteiger partial charge in [-0.1, -0.05) is 32.4 Å². The van der Waals surface area contributed by atoms with Crippen LogP contribution in [0.3, 0.4) is 0 Å². The summed E-state index contributed by atoms with van der Waals surface area (Å²) in [6, 6.07) is 7.03. The monoisotopic (exact) mass is 303 g/mol. The minimum atomic E-state index is -0.563. The third kappa shape index (κ3) is 3.71. The highest BCUT2D eigenvalue weighted by molar-refractivity contribution is 5.99. The van der Waals surface area contributed by atoms with Gasteiger partial charge in [0, 0.05) is 13.5 Å². The van der Waals surface area contributed by atoms with Crippen molar-refractivity contribution in [2.75, 3.05) is 6.54 Å². The van der Waals surface area contributed by atoms with Crippen molar-refractivity contribution in [3.8, 4) is 11.5 Å². The van der Waals surface area contributed by atoms with E-state index in [9.17, 15) is 9.90 Å². The van der Waals surface area contributed by atoms with E-state index < -0.39 is 6.10 Å². The highest BCUT2D eigenvalue weighted by Gasteiger charge is 2.18. The van der Waals surface area contributed by atoms with E-state index in [0.717, 1.165) is 6.42 Å². The Morgan fingerprint density at radius 2 is 2.09 bits per heavy atom. The minimum Gasteiger partial charge on any atom is -0.421 e. The SMILES string of the molecule is CCC(C)C(O)CNC(=O)c1ccccc1-c1nnc(C)o1. The van der Waals surface area contributed by atoms with Gasteiger partial charge in [-0.25, -0.2) is 0 Å². The van der Waals surface area contributed by atoms with Crippen molar-refractivity contribution < 1.29 is 14.3 Å². The first-order chi connectivity index (χ1) is 10.5. The number of carbonyl (C=O) groups excluding carboxylic acids is 1. The topological polar surface area (TPSA) is 88.2 Å². The van der Waals surface area contributed by atoms with Crippen LogP contribution in [0.25, 0.3) is 11.5 Å². The number of carbonyl (C=O) groups is 1. The predicted molar refractivity (Wildman–Crippen MR) is 82.3 cm³/mol. The van der Waals surface area contributed by atoms with Crippen molar-refractivity contribution >= 4 is 5.91 Å². The van der Waals surface area contributed by atoms with Gasteiger partial charge in [0.05, 0.1) is 17.2 Å². The number of aliphatic hydroxyl groups is 1. The lowest BCUT2D eigenvalue weighted by molar-refractivity contribution is 0.0850. The van der Waals surface area contributed by atoms with Crippen molar-refractivity contribution in [3.63, 3.8) is 0 Å². The van der Waals surface area contributed by atoms with Crippen LogP contribution in [0.15, 0.2) is 28.7 Å². The summed E-state index contributed by atoms with van der Waals surface area (Å²) >= 11 is 0. The Bertz CT molecular complexity index is 639. The van der Waals surface area contributed by atoms with Crippen molar-refractivity contribution in [2.45, 2.75) is 33.3 Å². The largest absolute Gasteiger partial charge is 0.421 e. The molecule has 1 aromatic heterocycles. The van der Waals surface area contributed by atoms with Crippen molar-refractivity contribution in [1.29, 1.82) is 0 Å². The number of nitrogens with zero attached hydrogens (tertiary/aromatic N) is 2. The molecule has 22 heavy (non-hydrogen) atoms. The Hall–Kier alpha value is -2.21. The summed E-state index contributed by atoms with van der Waals surface area (Å²) in [5.41, 5.74) is 1.03. The summed E-state index contributed by atoms with van der Waals surface area (Å²) in [6.45, 7) is 5.86. The van der Waals surface area contributed by atoms with Gasteiger partial charge in [0.25, 0.3) is 5.91 Å². The standard InChI is InChI=1S/C16H21N3O3/c1-4-10(2)14(20)9-17-15(21)12-7-5-6-8-13(12)16-19-18-11(3)22-16/h5-8,10,14,20H,4,9H2,1-3H3,(H,17,21). The molecule has 1 amide bonds. The molecule has 0 spiro atoms. The van der Waals surface area contributed by atoms with E-state index in [-0.39, 0.29) is 18.4 Å². The van der Waals surface area contributed by atoms with Gasteiger partial charge in [0.15, 0.2) is 0 Å². The molecular weight excluding hydrogens is 282 g/mol. The van der Waals surface area contributed by atoms with Crippen LogP contribution >= 0.6 is 0 Å². The normalized spacial score (nSPS) is 13.6. The zero-order valence-corrected chi connectivity index (χ0v) is 13.0. The number of nitrogens with one attached hydrogen (secondary N) is 1. The van der Waals surface area contributed by atoms with Gasteiger partial charge in [-0.05, 0) is 18.1 Å². The molecule has 2 rings (SSSR count). The molecule has 0 fully saturated rings. The molecule has 0 radical (unpaired) electrons. The Balaban J connectivity index is 2.14. The van der Waals surface area contributed by atoms with E-state index in [1.165, 1.54) is 0 Å². The summed E-state index contributed by atoms with van der Waals surface area (Å²) in [7, 11) is 0. The first kappa shape index (κ1) is 16.2. The maximum Gasteiger partial charge on any atom is 0.252 e. The lowest BCUT2D eigenvalue weighted by Crippen LogP contribution is -2.35. The van der Waals surface area contributed by atoms with Crippen LogP contribution in [-0.2, 0) is 0 Å². The van der Waals surface area contributed by atoms with E-state index in [4.69, 9.17) is 4.42 Å². The molecule has 1 heterocycles. The molecule has 0 saturated carbocycles. The summed E-state index contributed by atoms with van der Waals surface area (Å²) in [4.78, 5) is 12.3. The second kappa shape index (κ2) is 7.17. The summed E-state index contributed by atoms with van der Waals surface area (Å²) < 4.78 is 5.39. The Morgan fingerprint density at radius 3 is 2.73 bits per heavy atom. The molecule has 1 aromatic carbocycles. The molecule has 0 aliphatic heterocycles. The highest BCUT2D eigenvalue weighted by Crippen LogP contribution is 2.22. The van der Waals surface area contributed by atoms with Crippen molar-refractivity contribution in [2.24, 2.45) is 5.92 Å². The average molecular weight is 303 g/mol. The van der Waals surface area contributed by atoms with Crippen LogP contribution in [0.2, 0.25) is 0 Å². The average Bonchev–Trinajstić information content (AvgIpc) is 2.97. The quantitative estimate of drug-likeness (QED) is 0.854. The van der Waals surface area contributed by atoms with Gasteiger partial charge in [-0.3, -0.25) is 4.79 Å². The molecule has 0 bridgehead atoms. The first-order valence-electron chi connectivity index (χ1n) is 7.38. The van der Waals surface area contributed by atoms with Crippen LogP contribution in [-0.4, -0.2) is 33.9 Å². The van der Waals surface area contributed by atoms with Crippen LogP contribution in [0, 0.1) is 12.8 Å². The zero-order chi connectivity index (χ0) is 16.1. The molecule has 118 valence electrons. The van der Waals surface area contributed by atoms with Crippen molar-refractivity contribution in [1.82, 2.24) is 15.5 Å². The summed E-state index contributed by atoms with van der Waals surface area (Å²) in [5, 5.41) is 20.4. The Kier molecular flexibility index (Phi) is 5.27. The number of hydrogen-bond acceptors (Lipinski definition) is 5. The number of amides is 1. The van der Waals surface area contributed by atoms with Gasteiger partial charge in [0.2, 0.25) is 11.8 Å². The van der Waals surface area contributed by atoms with Gasteiger partial charge in [0.1, 0.15) is 0 Å². The fourth-order valence-electron chi connectivity index (χ4n) is 2.04. The molecule has 0 aliphatic carbocycles. The van der Waals surface area contributed by atoms with E-state index in [2.05, 4.69) is 15.5 Å². The van der Waals surface area contributed by atoms with E-state index in [0.29, 0.717) is 22.9 Å². The lowest BCUT2D eigenvalue weighted by atomic mass is 10.0. The Labute approximate surface area is 129 Å². The maximum atomic E-state index is 12.3. The highest BCUT2D eigenvalue weighted by atomic mass is 16.4. The number of aliphatic hydroxyl groups excluding tert-OH is 1. The van der Waals surface area contributed by atoms with Crippen LogP contribution in [0.4, 0.5) is 0 Å². The fourth-order valence-corrected chi connectivity index (χ4v) is 2.04. The van der Waals surface area contributed by atoms with Crippen LogP contribution < -0.4 is 5.32 Å². The number of benzene rings is 1. The molecule has 0 aliphatic rings. The zero-order valence-electron chi connectivity index (χ0n) is 13.0. The number of aryl methyl sites for hydroxylation is 1. The van der Waals surface area contributed by atoms with Crippen molar-refractivity contribution in [3.05, 3.63) is 35.7 Å². The maximum absolute atomic E-state index is 12.3. The lowest BCUT2D eigenvalue weighted by Gasteiger charge is -2.17. The molecule has 0 saturated heterocycles. The third-order valence-corrected chi connectivity index (χ3v) is 3.70. The molecule has 2 atom stereocenters. The van der Waals surface area contributed by atoms with Gasteiger partial charge >= 0.3 is 0 Å². The smallest absolute Gasteiger partial charge is 0.252 e. The molecule has 2 aromatic rings.